The first-order valence-corrected chi connectivity index (χ1v) is 8.03. The third-order valence-electron chi connectivity index (χ3n) is 4.45. The van der Waals surface area contributed by atoms with Crippen LogP contribution in [0.2, 0.25) is 0 Å². The Morgan fingerprint density at radius 1 is 0.880 bits per heavy atom. The quantitative estimate of drug-likeness (QED) is 0.916. The van der Waals surface area contributed by atoms with E-state index in [0.29, 0.717) is 22.3 Å². The van der Waals surface area contributed by atoms with Crippen LogP contribution in [-0.2, 0) is 4.79 Å². The van der Waals surface area contributed by atoms with Gasteiger partial charge >= 0.3 is 5.97 Å². The van der Waals surface area contributed by atoms with Crippen LogP contribution in [0, 0.1) is 5.41 Å². The molecule has 1 aliphatic carbocycles. The zero-order valence-corrected chi connectivity index (χ0v) is 14.1. The van der Waals surface area contributed by atoms with Crippen molar-refractivity contribution in [2.24, 2.45) is 5.41 Å². The molecule has 1 N–H and O–H groups in total. The van der Waals surface area contributed by atoms with Crippen LogP contribution in [-0.4, -0.2) is 22.6 Å². The van der Waals surface area contributed by atoms with E-state index in [2.05, 4.69) is 0 Å². The largest absolute Gasteiger partial charge is 0.481 e. The number of hydrogen-bond acceptors (Lipinski definition) is 3. The van der Waals surface area contributed by atoms with Gasteiger partial charge in [0.05, 0.1) is 6.42 Å². The molecule has 2 aromatic rings. The van der Waals surface area contributed by atoms with Crippen LogP contribution in [0.15, 0.2) is 60.2 Å². The lowest BCUT2D eigenvalue weighted by Crippen LogP contribution is -2.31. The number of allylic oxidation sites excluding steroid dienone is 2. The van der Waals surface area contributed by atoms with Crippen LogP contribution in [0.4, 0.5) is 0 Å². The van der Waals surface area contributed by atoms with Gasteiger partial charge in [-0.1, -0.05) is 68.4 Å². The number of carboxylic acid groups (broad SMARTS) is 1. The molecule has 0 amide bonds. The van der Waals surface area contributed by atoms with E-state index < -0.39 is 11.4 Å². The second-order valence-corrected chi connectivity index (χ2v) is 6.77. The molecule has 0 saturated heterocycles. The molecule has 0 heterocycles. The molecule has 4 nitrogen and oxygen atoms in total. The predicted molar refractivity (Wildman–Crippen MR) is 94.5 cm³/mol. The molecule has 1 aliphatic rings. The Morgan fingerprint density at radius 2 is 1.40 bits per heavy atom. The van der Waals surface area contributed by atoms with Crippen molar-refractivity contribution in [3.05, 3.63) is 76.9 Å². The van der Waals surface area contributed by atoms with Crippen molar-refractivity contribution < 1.29 is 19.5 Å². The van der Waals surface area contributed by atoms with Gasteiger partial charge in [-0.25, -0.2) is 0 Å². The highest BCUT2D eigenvalue weighted by Crippen LogP contribution is 2.42. The first-order chi connectivity index (χ1) is 11.8. The normalized spacial score (nSPS) is 14.5. The minimum absolute atomic E-state index is 0.236. The number of fused-ring (bicyclic) bond motifs is 1. The van der Waals surface area contributed by atoms with Gasteiger partial charge in [0.1, 0.15) is 0 Å². The van der Waals surface area contributed by atoms with Crippen molar-refractivity contribution in [2.75, 3.05) is 0 Å². The average molecular weight is 334 g/mol. The van der Waals surface area contributed by atoms with E-state index in [1.165, 1.54) is 0 Å². The van der Waals surface area contributed by atoms with Crippen LogP contribution in [0.5, 0.6) is 0 Å². The molecule has 25 heavy (non-hydrogen) atoms. The summed E-state index contributed by atoms with van der Waals surface area (Å²) in [4.78, 5) is 37.6. The second-order valence-electron chi connectivity index (χ2n) is 6.77. The molecular weight excluding hydrogens is 316 g/mol. The average Bonchev–Trinajstić information content (AvgIpc) is 2.57. The van der Waals surface area contributed by atoms with Gasteiger partial charge in [0.15, 0.2) is 11.6 Å². The van der Waals surface area contributed by atoms with Crippen LogP contribution < -0.4 is 0 Å². The van der Waals surface area contributed by atoms with E-state index in [9.17, 15) is 19.5 Å². The zero-order valence-electron chi connectivity index (χ0n) is 14.1. The number of aliphatic carboxylic acids is 1. The molecule has 0 aromatic heterocycles. The first kappa shape index (κ1) is 16.8. The maximum Gasteiger partial charge on any atom is 0.304 e. The van der Waals surface area contributed by atoms with Gasteiger partial charge in [-0.05, 0) is 5.56 Å². The van der Waals surface area contributed by atoms with Gasteiger partial charge in [0.25, 0.3) is 0 Å². The molecule has 0 radical (unpaired) electrons. The second kappa shape index (κ2) is 6.13. The first-order valence-electron chi connectivity index (χ1n) is 8.03. The van der Waals surface area contributed by atoms with Crippen LogP contribution in [0.25, 0.3) is 5.57 Å². The number of ketones is 2. The summed E-state index contributed by atoms with van der Waals surface area (Å²) >= 11 is 0. The number of carbonyl (C=O) groups is 3. The van der Waals surface area contributed by atoms with E-state index in [4.69, 9.17) is 0 Å². The number of carboxylic acids is 1. The zero-order chi connectivity index (χ0) is 18.2. The highest BCUT2D eigenvalue weighted by molar-refractivity contribution is 6.41. The van der Waals surface area contributed by atoms with Gasteiger partial charge in [-0.2, -0.15) is 0 Å². The van der Waals surface area contributed by atoms with Crippen molar-refractivity contribution in [2.45, 2.75) is 20.3 Å². The summed E-state index contributed by atoms with van der Waals surface area (Å²) in [7, 11) is 0. The van der Waals surface area contributed by atoms with Crippen molar-refractivity contribution in [3.63, 3.8) is 0 Å². The van der Waals surface area contributed by atoms with Crippen LogP contribution in [0.1, 0.15) is 46.5 Å². The number of Topliss-reactive ketones (excluding diaryl/α,β-unsaturated/α-hetero) is 2. The van der Waals surface area contributed by atoms with Gasteiger partial charge in [0, 0.05) is 27.7 Å². The maximum atomic E-state index is 13.2. The standard InChI is InChI=1S/C21H18O4/c1-21(2,12-16(22)23)18-17(13-8-4-3-5-9-13)19(24)14-10-6-7-11-15(14)20(18)25/h3-11H,12H2,1-2H3,(H,22,23). The van der Waals surface area contributed by atoms with E-state index in [1.54, 1.807) is 62.4 Å². The Hall–Kier alpha value is -3.01. The summed E-state index contributed by atoms with van der Waals surface area (Å²) in [5.74, 6) is -1.53. The monoisotopic (exact) mass is 334 g/mol. The molecule has 0 saturated carbocycles. The third kappa shape index (κ3) is 2.91. The fourth-order valence-electron chi connectivity index (χ4n) is 3.37. The minimum Gasteiger partial charge on any atom is -0.481 e. The van der Waals surface area contributed by atoms with E-state index >= 15 is 0 Å². The predicted octanol–water partition coefficient (Wildman–Crippen LogP) is 4.02. The molecule has 126 valence electrons. The Morgan fingerprint density at radius 3 is 1.96 bits per heavy atom. The summed E-state index contributed by atoms with van der Waals surface area (Å²) in [6, 6.07) is 15.6. The molecule has 4 heteroatoms. The van der Waals surface area contributed by atoms with Gasteiger partial charge < -0.3 is 5.11 Å². The van der Waals surface area contributed by atoms with Crippen molar-refractivity contribution >= 4 is 23.1 Å². The highest BCUT2D eigenvalue weighted by Gasteiger charge is 2.41. The van der Waals surface area contributed by atoms with Crippen LogP contribution >= 0.6 is 0 Å². The Kier molecular flexibility index (Phi) is 4.13. The number of carbonyl (C=O) groups excluding carboxylic acids is 2. The van der Waals surface area contributed by atoms with Gasteiger partial charge in [-0.3, -0.25) is 14.4 Å². The fourth-order valence-corrected chi connectivity index (χ4v) is 3.37. The fraction of sp³-hybridized carbons (Fsp3) is 0.190. The number of benzene rings is 2. The summed E-state index contributed by atoms with van der Waals surface area (Å²) in [6.07, 6.45) is -0.236. The minimum atomic E-state index is -1.01. The van der Waals surface area contributed by atoms with Gasteiger partial charge in [-0.15, -0.1) is 0 Å². The molecule has 0 bridgehead atoms. The van der Waals surface area contributed by atoms with Crippen molar-refractivity contribution in [3.8, 4) is 0 Å². The molecule has 2 aromatic carbocycles. The van der Waals surface area contributed by atoms with Crippen LogP contribution in [0.3, 0.4) is 0 Å². The van der Waals surface area contributed by atoms with E-state index in [1.807, 2.05) is 6.07 Å². The lowest BCUT2D eigenvalue weighted by atomic mass is 9.69. The topological polar surface area (TPSA) is 71.4 Å². The van der Waals surface area contributed by atoms with Crippen molar-refractivity contribution in [1.29, 1.82) is 0 Å². The van der Waals surface area contributed by atoms with E-state index in [-0.39, 0.29) is 23.6 Å². The van der Waals surface area contributed by atoms with Crippen molar-refractivity contribution in [1.82, 2.24) is 0 Å². The lowest BCUT2D eigenvalue weighted by Gasteiger charge is -2.31. The highest BCUT2D eigenvalue weighted by atomic mass is 16.4. The number of rotatable bonds is 4. The summed E-state index contributed by atoms with van der Waals surface area (Å²) in [5, 5.41) is 9.27. The third-order valence-corrected chi connectivity index (χ3v) is 4.45. The lowest BCUT2D eigenvalue weighted by molar-refractivity contribution is -0.138. The SMILES string of the molecule is CC(C)(CC(=O)O)C1=C(c2ccccc2)C(=O)c2ccccc2C1=O. The molecule has 0 atom stereocenters. The summed E-state index contributed by atoms with van der Waals surface area (Å²) in [6.45, 7) is 3.39. The molecule has 0 aliphatic heterocycles. The Bertz CT molecular complexity index is 905. The Labute approximate surface area is 145 Å². The molecular formula is C21H18O4. The number of hydrogen-bond donors (Lipinski definition) is 1. The molecule has 0 spiro atoms. The Balaban J connectivity index is 2.32. The van der Waals surface area contributed by atoms with Gasteiger partial charge in [0.2, 0.25) is 0 Å². The molecule has 3 rings (SSSR count). The van der Waals surface area contributed by atoms with E-state index in [0.717, 1.165) is 0 Å². The smallest absolute Gasteiger partial charge is 0.304 e. The molecule has 0 unspecified atom stereocenters. The molecule has 0 fully saturated rings. The summed E-state index contributed by atoms with van der Waals surface area (Å²) in [5.41, 5.74) is 0.920. The summed E-state index contributed by atoms with van der Waals surface area (Å²) < 4.78 is 0. The maximum absolute atomic E-state index is 13.2.